The van der Waals surface area contributed by atoms with Crippen LogP contribution in [0.15, 0.2) is 24.3 Å². The fourth-order valence-corrected chi connectivity index (χ4v) is 3.00. The van der Waals surface area contributed by atoms with E-state index < -0.39 is 0 Å². The van der Waals surface area contributed by atoms with Gasteiger partial charge in [-0.1, -0.05) is 42.9 Å². The Morgan fingerprint density at radius 3 is 2.57 bits per heavy atom. The average molecular weight is 287 g/mol. The first-order chi connectivity index (χ1) is 10.3. The maximum atomic E-state index is 9.32. The summed E-state index contributed by atoms with van der Waals surface area (Å²) < 4.78 is 0. The average Bonchev–Trinajstić information content (AvgIpc) is 3.03. The van der Waals surface area contributed by atoms with Gasteiger partial charge in [-0.25, -0.2) is 0 Å². The molecule has 1 saturated carbocycles. The van der Waals surface area contributed by atoms with Crippen LogP contribution in [0.1, 0.15) is 43.2 Å². The summed E-state index contributed by atoms with van der Waals surface area (Å²) in [5.74, 6) is 6.15. The smallest absolute Gasteiger partial charge is 0.0558 e. The molecule has 1 aromatic carbocycles. The minimum absolute atomic E-state index is 0.105. The molecular weight excluding hydrogens is 262 g/mol. The van der Waals surface area contributed by atoms with Gasteiger partial charge in [-0.15, -0.1) is 0 Å². The molecule has 0 spiro atoms. The molecule has 2 rings (SSSR count). The third-order valence-electron chi connectivity index (χ3n) is 4.08. The van der Waals surface area contributed by atoms with E-state index in [0.29, 0.717) is 12.5 Å². The normalized spacial score (nSPS) is 15.2. The van der Waals surface area contributed by atoms with Gasteiger partial charge in [-0.3, -0.25) is 4.90 Å². The van der Waals surface area contributed by atoms with Crippen LogP contribution in [0.25, 0.3) is 0 Å². The highest BCUT2D eigenvalue weighted by atomic mass is 16.3. The molecule has 21 heavy (non-hydrogen) atoms. The van der Waals surface area contributed by atoms with Crippen molar-refractivity contribution in [1.82, 2.24) is 4.90 Å². The summed E-state index contributed by atoms with van der Waals surface area (Å²) in [7, 11) is 0. The van der Waals surface area contributed by atoms with Crippen molar-refractivity contribution in [3.8, 4) is 11.8 Å². The van der Waals surface area contributed by atoms with E-state index in [9.17, 15) is 5.11 Å². The van der Waals surface area contributed by atoms with Crippen LogP contribution in [0.4, 0.5) is 0 Å². The highest BCUT2D eigenvalue weighted by Gasteiger charge is 2.22. The maximum absolute atomic E-state index is 9.32. The van der Waals surface area contributed by atoms with Crippen LogP contribution >= 0.6 is 0 Å². The number of aliphatic hydroxyl groups excluding tert-OH is 2. The second-order valence-corrected chi connectivity index (χ2v) is 5.56. The Kier molecular flexibility index (Phi) is 6.75. The van der Waals surface area contributed by atoms with Gasteiger partial charge in [0.1, 0.15) is 0 Å². The summed E-state index contributed by atoms with van der Waals surface area (Å²) in [5, 5.41) is 18.2. The second kappa shape index (κ2) is 8.84. The molecule has 0 atom stereocenters. The largest absolute Gasteiger partial charge is 0.395 e. The van der Waals surface area contributed by atoms with Gasteiger partial charge in [0.2, 0.25) is 0 Å². The highest BCUT2D eigenvalue weighted by Crippen LogP contribution is 2.25. The molecule has 3 heteroatoms. The molecule has 1 aliphatic rings. The molecule has 3 nitrogen and oxygen atoms in total. The maximum Gasteiger partial charge on any atom is 0.0558 e. The zero-order valence-electron chi connectivity index (χ0n) is 12.6. The van der Waals surface area contributed by atoms with Gasteiger partial charge in [0.25, 0.3) is 0 Å². The Bertz CT molecular complexity index is 483. The van der Waals surface area contributed by atoms with E-state index in [4.69, 9.17) is 5.11 Å². The Labute approximate surface area is 127 Å². The molecule has 0 unspecified atom stereocenters. The van der Waals surface area contributed by atoms with Crippen molar-refractivity contribution in [3.63, 3.8) is 0 Å². The van der Waals surface area contributed by atoms with Gasteiger partial charge >= 0.3 is 0 Å². The lowest BCUT2D eigenvalue weighted by Crippen LogP contribution is -2.35. The molecule has 0 amide bonds. The summed E-state index contributed by atoms with van der Waals surface area (Å²) in [5.41, 5.74) is 2.25. The summed E-state index contributed by atoms with van der Waals surface area (Å²) in [6.07, 6.45) is 5.57. The van der Waals surface area contributed by atoms with Crippen LogP contribution < -0.4 is 0 Å². The van der Waals surface area contributed by atoms with Gasteiger partial charge in [0, 0.05) is 31.1 Å². The topological polar surface area (TPSA) is 43.7 Å². The van der Waals surface area contributed by atoms with E-state index in [-0.39, 0.29) is 13.2 Å². The Morgan fingerprint density at radius 1 is 1.10 bits per heavy atom. The number of benzene rings is 1. The molecule has 114 valence electrons. The summed E-state index contributed by atoms with van der Waals surface area (Å²) in [6, 6.07) is 8.78. The molecule has 0 aromatic heterocycles. The lowest BCUT2D eigenvalue weighted by Gasteiger charge is -2.28. The third-order valence-corrected chi connectivity index (χ3v) is 4.08. The summed E-state index contributed by atoms with van der Waals surface area (Å²) in [4.78, 5) is 2.39. The molecule has 1 aromatic rings. The van der Waals surface area contributed by atoms with Gasteiger partial charge < -0.3 is 10.2 Å². The fraction of sp³-hybridized carbons (Fsp3) is 0.556. The monoisotopic (exact) mass is 287 g/mol. The van der Waals surface area contributed by atoms with Gasteiger partial charge in [0.15, 0.2) is 0 Å². The Balaban J connectivity index is 2.10. The minimum Gasteiger partial charge on any atom is -0.395 e. The van der Waals surface area contributed by atoms with Crippen LogP contribution in [0.3, 0.4) is 0 Å². The van der Waals surface area contributed by atoms with E-state index >= 15 is 0 Å². The van der Waals surface area contributed by atoms with Crippen molar-refractivity contribution in [2.75, 3.05) is 19.8 Å². The van der Waals surface area contributed by atoms with Crippen LogP contribution in [0, 0.1) is 11.8 Å². The lowest BCUT2D eigenvalue weighted by molar-refractivity contribution is 0.144. The quantitative estimate of drug-likeness (QED) is 0.788. The molecule has 0 heterocycles. The Hall–Kier alpha value is -1.34. The van der Waals surface area contributed by atoms with E-state index in [1.54, 1.807) is 0 Å². The standard InChI is InChI=1S/C18H25NO2/c20-13-6-5-8-16-7-1-2-9-17(16)15-19(12-14-21)18-10-3-4-11-18/h1-2,7,9,18,20-21H,3-4,6,10-15H2. The van der Waals surface area contributed by atoms with Crippen molar-refractivity contribution in [1.29, 1.82) is 0 Å². The van der Waals surface area contributed by atoms with Gasteiger partial charge in [0.05, 0.1) is 13.2 Å². The molecule has 0 bridgehead atoms. The molecule has 2 N–H and O–H groups in total. The highest BCUT2D eigenvalue weighted by molar-refractivity contribution is 5.41. The van der Waals surface area contributed by atoms with E-state index in [0.717, 1.165) is 18.7 Å². The second-order valence-electron chi connectivity index (χ2n) is 5.56. The minimum atomic E-state index is 0.105. The van der Waals surface area contributed by atoms with Crippen molar-refractivity contribution in [2.45, 2.75) is 44.7 Å². The number of nitrogens with zero attached hydrogens (tertiary/aromatic N) is 1. The molecule has 0 saturated heterocycles. The lowest BCUT2D eigenvalue weighted by atomic mass is 10.1. The molecule has 0 aliphatic heterocycles. The SMILES string of the molecule is OCCC#Cc1ccccc1CN(CCO)C1CCCC1. The van der Waals surface area contributed by atoms with Gasteiger partial charge in [-0.05, 0) is 24.5 Å². The van der Waals surface area contributed by atoms with Crippen LogP contribution in [0.2, 0.25) is 0 Å². The Morgan fingerprint density at radius 2 is 1.86 bits per heavy atom. The predicted octanol–water partition coefficient (Wildman–Crippen LogP) is 2.16. The number of aliphatic hydroxyl groups is 2. The van der Waals surface area contributed by atoms with Crippen LogP contribution in [-0.2, 0) is 6.54 Å². The van der Waals surface area contributed by atoms with Crippen molar-refractivity contribution < 1.29 is 10.2 Å². The third kappa shape index (κ3) is 4.86. The number of hydrogen-bond donors (Lipinski definition) is 2. The number of rotatable bonds is 6. The zero-order chi connectivity index (χ0) is 14.9. The predicted molar refractivity (Wildman–Crippen MR) is 84.8 cm³/mol. The van der Waals surface area contributed by atoms with Crippen LogP contribution in [-0.4, -0.2) is 40.9 Å². The first-order valence-corrected chi connectivity index (χ1v) is 7.87. The van der Waals surface area contributed by atoms with E-state index in [1.165, 1.54) is 31.2 Å². The number of hydrogen-bond acceptors (Lipinski definition) is 3. The van der Waals surface area contributed by atoms with E-state index in [1.807, 2.05) is 18.2 Å². The first-order valence-electron chi connectivity index (χ1n) is 7.87. The molecule has 1 fully saturated rings. The van der Waals surface area contributed by atoms with Crippen molar-refractivity contribution >= 4 is 0 Å². The van der Waals surface area contributed by atoms with Crippen molar-refractivity contribution in [2.24, 2.45) is 0 Å². The fourth-order valence-electron chi connectivity index (χ4n) is 3.00. The van der Waals surface area contributed by atoms with Crippen LogP contribution in [0.5, 0.6) is 0 Å². The molecule has 1 aliphatic carbocycles. The molecular formula is C18H25NO2. The van der Waals surface area contributed by atoms with Gasteiger partial charge in [-0.2, -0.15) is 0 Å². The zero-order valence-corrected chi connectivity index (χ0v) is 12.6. The summed E-state index contributed by atoms with van der Waals surface area (Å²) >= 11 is 0. The van der Waals surface area contributed by atoms with E-state index in [2.05, 4.69) is 22.8 Å². The first kappa shape index (κ1) is 16.0. The summed E-state index contributed by atoms with van der Waals surface area (Å²) in [6.45, 7) is 1.88. The molecule has 0 radical (unpaired) electrons. The van der Waals surface area contributed by atoms with Crippen molar-refractivity contribution in [3.05, 3.63) is 35.4 Å².